The molecule has 3 nitrogen and oxygen atoms in total. The molecule has 1 aliphatic rings. The van der Waals surface area contributed by atoms with Crippen molar-refractivity contribution in [2.24, 2.45) is 0 Å². The molecular formula is C14H18ClNO2. The average molecular weight is 268 g/mol. The van der Waals surface area contributed by atoms with Crippen molar-refractivity contribution in [3.8, 4) is 0 Å². The Balaban J connectivity index is 2.23. The maximum Gasteiger partial charge on any atom is 0.254 e. The van der Waals surface area contributed by atoms with E-state index in [2.05, 4.69) is 0 Å². The first kappa shape index (κ1) is 13.4. The first-order valence-electron chi connectivity index (χ1n) is 6.31. The maximum absolute atomic E-state index is 12.4. The summed E-state index contributed by atoms with van der Waals surface area (Å²) >= 11 is 5.98. The highest BCUT2D eigenvalue weighted by molar-refractivity contribution is 6.31. The fraction of sp³-hybridized carbons (Fsp3) is 0.500. The summed E-state index contributed by atoms with van der Waals surface area (Å²) in [7, 11) is 0. The highest BCUT2D eigenvalue weighted by Gasteiger charge is 2.26. The van der Waals surface area contributed by atoms with Crippen LogP contribution in [0.1, 0.15) is 35.2 Å². The number of amides is 1. The molecule has 1 fully saturated rings. The number of hydrogen-bond acceptors (Lipinski definition) is 2. The molecule has 4 heteroatoms. The van der Waals surface area contributed by atoms with Gasteiger partial charge in [-0.25, -0.2) is 0 Å². The topological polar surface area (TPSA) is 40.5 Å². The zero-order valence-electron chi connectivity index (χ0n) is 10.5. The number of hydrogen-bond donors (Lipinski definition) is 1. The summed E-state index contributed by atoms with van der Waals surface area (Å²) in [6.45, 7) is 2.67. The third-order valence-corrected chi connectivity index (χ3v) is 3.61. The molecule has 1 aromatic rings. The van der Waals surface area contributed by atoms with Crippen LogP contribution >= 0.6 is 11.6 Å². The van der Waals surface area contributed by atoms with Crippen LogP contribution in [0.25, 0.3) is 0 Å². The van der Waals surface area contributed by atoms with Gasteiger partial charge in [0.15, 0.2) is 0 Å². The summed E-state index contributed by atoms with van der Waals surface area (Å²) in [5, 5.41) is 9.93. The third-order valence-electron chi connectivity index (χ3n) is 3.39. The van der Waals surface area contributed by atoms with Crippen molar-refractivity contribution in [2.45, 2.75) is 32.2 Å². The SMILES string of the molecule is Cc1cc(Cl)cc(C(=O)N2CCCCC2CO)c1. The predicted octanol–water partition coefficient (Wildman–Crippen LogP) is 2.64. The van der Waals surface area contributed by atoms with Crippen molar-refractivity contribution in [3.63, 3.8) is 0 Å². The number of piperidine rings is 1. The van der Waals surface area contributed by atoms with Gasteiger partial charge in [0.2, 0.25) is 0 Å². The molecule has 0 aliphatic carbocycles. The number of likely N-dealkylation sites (tertiary alicyclic amines) is 1. The number of nitrogens with zero attached hydrogens (tertiary/aromatic N) is 1. The van der Waals surface area contributed by atoms with E-state index in [9.17, 15) is 9.90 Å². The molecule has 1 atom stereocenters. The van der Waals surface area contributed by atoms with Gasteiger partial charge >= 0.3 is 0 Å². The molecule has 0 radical (unpaired) electrons. The van der Waals surface area contributed by atoms with Crippen molar-refractivity contribution in [1.29, 1.82) is 0 Å². The smallest absolute Gasteiger partial charge is 0.254 e. The van der Waals surface area contributed by atoms with Crippen molar-refractivity contribution >= 4 is 17.5 Å². The van der Waals surface area contributed by atoms with E-state index in [1.54, 1.807) is 11.0 Å². The number of aryl methyl sites for hydroxylation is 1. The molecule has 0 saturated carbocycles. The van der Waals surface area contributed by atoms with Crippen LogP contribution in [0.3, 0.4) is 0 Å². The lowest BCUT2D eigenvalue weighted by Crippen LogP contribution is -2.45. The second-order valence-corrected chi connectivity index (χ2v) is 5.28. The Kier molecular flexibility index (Phi) is 4.25. The molecule has 1 heterocycles. The minimum atomic E-state index is -0.0504. The van der Waals surface area contributed by atoms with Gasteiger partial charge in [0, 0.05) is 17.1 Å². The number of aliphatic hydroxyl groups excluding tert-OH is 1. The van der Waals surface area contributed by atoms with Gasteiger partial charge < -0.3 is 10.0 Å². The lowest BCUT2D eigenvalue weighted by molar-refractivity contribution is 0.0503. The zero-order chi connectivity index (χ0) is 13.1. The number of aliphatic hydroxyl groups is 1. The van der Waals surface area contributed by atoms with E-state index in [4.69, 9.17) is 11.6 Å². The Labute approximate surface area is 112 Å². The first-order valence-corrected chi connectivity index (χ1v) is 6.68. The Hall–Kier alpha value is -1.06. The molecule has 1 saturated heterocycles. The number of halogens is 1. The molecule has 1 amide bonds. The fourth-order valence-electron chi connectivity index (χ4n) is 2.48. The minimum absolute atomic E-state index is 0.0284. The molecule has 1 N–H and O–H groups in total. The second kappa shape index (κ2) is 5.72. The summed E-state index contributed by atoms with van der Waals surface area (Å²) in [5.74, 6) is -0.0284. The van der Waals surface area contributed by atoms with Crippen LogP contribution in [0.4, 0.5) is 0 Å². The zero-order valence-corrected chi connectivity index (χ0v) is 11.3. The van der Waals surface area contributed by atoms with Crippen LogP contribution in [0.15, 0.2) is 18.2 Å². The molecule has 0 bridgehead atoms. The van der Waals surface area contributed by atoms with Gasteiger partial charge in [0.05, 0.1) is 12.6 Å². The monoisotopic (exact) mass is 267 g/mol. The van der Waals surface area contributed by atoms with Gasteiger partial charge in [-0.15, -0.1) is 0 Å². The lowest BCUT2D eigenvalue weighted by Gasteiger charge is -2.34. The average Bonchev–Trinajstić information content (AvgIpc) is 2.36. The Morgan fingerprint density at radius 3 is 2.89 bits per heavy atom. The van der Waals surface area contributed by atoms with Gasteiger partial charge in [0.25, 0.3) is 5.91 Å². The standard InChI is InChI=1S/C14H18ClNO2/c1-10-6-11(8-12(15)7-10)14(18)16-5-3-2-4-13(16)9-17/h6-8,13,17H,2-5,9H2,1H3. The van der Waals surface area contributed by atoms with Crippen LogP contribution in [0.5, 0.6) is 0 Å². The largest absolute Gasteiger partial charge is 0.394 e. The molecule has 0 aromatic heterocycles. The maximum atomic E-state index is 12.4. The van der Waals surface area contributed by atoms with E-state index < -0.39 is 0 Å². The number of benzene rings is 1. The molecule has 1 aromatic carbocycles. The van der Waals surface area contributed by atoms with Crippen LogP contribution in [0, 0.1) is 6.92 Å². The molecule has 1 aliphatic heterocycles. The van der Waals surface area contributed by atoms with Crippen LogP contribution < -0.4 is 0 Å². The lowest BCUT2D eigenvalue weighted by atomic mass is 10.0. The Morgan fingerprint density at radius 2 is 2.22 bits per heavy atom. The summed E-state index contributed by atoms with van der Waals surface area (Å²) in [5.41, 5.74) is 1.59. The predicted molar refractivity (Wildman–Crippen MR) is 72.0 cm³/mol. The molecule has 2 rings (SSSR count). The quantitative estimate of drug-likeness (QED) is 0.895. The summed E-state index contributed by atoms with van der Waals surface area (Å²) < 4.78 is 0. The second-order valence-electron chi connectivity index (χ2n) is 4.85. The Bertz CT molecular complexity index is 427. The van der Waals surface area contributed by atoms with Gasteiger partial charge in [-0.1, -0.05) is 11.6 Å². The van der Waals surface area contributed by atoms with E-state index in [-0.39, 0.29) is 18.6 Å². The van der Waals surface area contributed by atoms with E-state index >= 15 is 0 Å². The van der Waals surface area contributed by atoms with Gasteiger partial charge in [-0.3, -0.25) is 4.79 Å². The molecule has 18 heavy (non-hydrogen) atoms. The highest BCUT2D eigenvalue weighted by Crippen LogP contribution is 2.21. The van der Waals surface area contributed by atoms with Crippen LogP contribution in [-0.2, 0) is 0 Å². The number of carbonyl (C=O) groups is 1. The summed E-state index contributed by atoms with van der Waals surface area (Å²) in [6, 6.07) is 5.32. The van der Waals surface area contributed by atoms with E-state index in [1.807, 2.05) is 19.1 Å². The molecule has 1 unspecified atom stereocenters. The highest BCUT2D eigenvalue weighted by atomic mass is 35.5. The van der Waals surface area contributed by atoms with Crippen molar-refractivity contribution in [2.75, 3.05) is 13.2 Å². The first-order chi connectivity index (χ1) is 8.61. The van der Waals surface area contributed by atoms with E-state index in [0.717, 1.165) is 31.4 Å². The summed E-state index contributed by atoms with van der Waals surface area (Å²) in [4.78, 5) is 14.2. The van der Waals surface area contributed by atoms with Gasteiger partial charge in [-0.05, 0) is 49.9 Å². The molecular weight excluding hydrogens is 250 g/mol. The van der Waals surface area contributed by atoms with Gasteiger partial charge in [0.1, 0.15) is 0 Å². The minimum Gasteiger partial charge on any atom is -0.394 e. The van der Waals surface area contributed by atoms with Gasteiger partial charge in [-0.2, -0.15) is 0 Å². The third kappa shape index (κ3) is 2.85. The normalized spacial score (nSPS) is 19.9. The van der Waals surface area contributed by atoms with E-state index in [1.165, 1.54) is 0 Å². The van der Waals surface area contributed by atoms with E-state index in [0.29, 0.717) is 10.6 Å². The molecule has 0 spiro atoms. The van der Waals surface area contributed by atoms with Crippen LogP contribution in [-0.4, -0.2) is 35.1 Å². The summed E-state index contributed by atoms with van der Waals surface area (Å²) in [6.07, 6.45) is 2.95. The number of carbonyl (C=O) groups excluding carboxylic acids is 1. The van der Waals surface area contributed by atoms with Crippen LogP contribution in [0.2, 0.25) is 5.02 Å². The van der Waals surface area contributed by atoms with Crippen molar-refractivity contribution in [3.05, 3.63) is 34.3 Å². The Morgan fingerprint density at radius 1 is 1.44 bits per heavy atom. The fourth-order valence-corrected chi connectivity index (χ4v) is 2.77. The molecule has 98 valence electrons. The number of rotatable bonds is 2. The van der Waals surface area contributed by atoms with Crippen molar-refractivity contribution < 1.29 is 9.90 Å². The van der Waals surface area contributed by atoms with Crippen molar-refractivity contribution in [1.82, 2.24) is 4.90 Å².